The fraction of sp³-hybridized carbons (Fsp3) is 0.200. The summed E-state index contributed by atoms with van der Waals surface area (Å²) in [5.41, 5.74) is 0. The first kappa shape index (κ1) is 11.4. The number of hydrogen-bond donors (Lipinski definition) is 0. The predicted molar refractivity (Wildman–Crippen MR) is 45.0 cm³/mol. The van der Waals surface area contributed by atoms with Crippen molar-refractivity contribution in [2.24, 2.45) is 0 Å². The van der Waals surface area contributed by atoms with Crippen LogP contribution in [0.25, 0.3) is 0 Å². The van der Waals surface area contributed by atoms with Crippen LogP contribution in [0.5, 0.6) is 0 Å². The van der Waals surface area contributed by atoms with E-state index in [0.29, 0.717) is 0 Å². The van der Waals surface area contributed by atoms with Crippen molar-refractivity contribution >= 4 is 36.8 Å². The molecule has 0 heterocycles. The average molecular weight is 300 g/mol. The Labute approximate surface area is 79.6 Å². The molecule has 0 aromatic heterocycles. The van der Waals surface area contributed by atoms with Gasteiger partial charge in [-0.15, -0.1) is 6.42 Å². The normalized spacial score (nSPS) is 14.8. The van der Waals surface area contributed by atoms with E-state index in [2.05, 4.69) is 12.2 Å². The fourth-order valence-corrected chi connectivity index (χ4v) is 0.340. The van der Waals surface area contributed by atoms with Crippen molar-refractivity contribution in [2.75, 3.05) is 0 Å². The molecule has 5 heteroatoms. The van der Waals surface area contributed by atoms with E-state index in [0.717, 1.165) is 6.42 Å². The second-order valence-electron chi connectivity index (χ2n) is 1.39. The van der Waals surface area contributed by atoms with Crippen molar-refractivity contribution in [1.29, 1.82) is 0 Å². The molecule has 0 saturated carbocycles. The molecule has 0 saturated heterocycles. The van der Waals surface area contributed by atoms with Gasteiger partial charge in [-0.2, -0.15) is 6.08 Å². The summed E-state index contributed by atoms with van der Waals surface area (Å²) in [5, 5.41) is 0. The van der Waals surface area contributed by atoms with Gasteiger partial charge in [0.1, 0.15) is 0 Å². The molecule has 0 spiro atoms. The van der Waals surface area contributed by atoms with Crippen LogP contribution in [-0.4, -0.2) is 0 Å². The third-order valence-electron chi connectivity index (χ3n) is 0.586. The Hall–Kier alpha value is 1.38. The molecule has 0 N–H and O–H groups in total. The van der Waals surface area contributed by atoms with E-state index < -0.39 is 12.8 Å². The molecule has 0 amide bonds. The molecule has 0 unspecified atom stereocenters. The van der Waals surface area contributed by atoms with Gasteiger partial charge in [0.15, 0.2) is 0 Å². The number of hydrogen-bond acceptors (Lipinski definition) is 0. The van der Waals surface area contributed by atoms with Gasteiger partial charge in [0.05, 0.1) is 0 Å². The minimum absolute atomic E-state index is 1.01. The van der Waals surface area contributed by atoms with Crippen molar-refractivity contribution < 1.29 is 12.8 Å². The van der Waals surface area contributed by atoms with Crippen LogP contribution < -0.4 is 0 Å². The van der Waals surface area contributed by atoms with Gasteiger partial charge >= 0.3 is 49.6 Å². The van der Waals surface area contributed by atoms with E-state index in [-0.39, 0.29) is 0 Å². The molecule has 0 atom stereocenters. The zero-order chi connectivity index (χ0) is 8.04. The van der Waals surface area contributed by atoms with Crippen LogP contribution in [0.4, 0.5) is 0 Å². The molecule has 0 aliphatic heterocycles. The first-order valence-electron chi connectivity index (χ1n) is 2.39. The molecule has 0 radical (unpaired) electrons. The summed E-state index contributed by atoms with van der Waals surface area (Å²) >= 11 is -3.21. The zero-order valence-electron chi connectivity index (χ0n) is 4.90. The van der Waals surface area contributed by atoms with Crippen LogP contribution in [0, 0.1) is 6.08 Å². The molecule has 0 aromatic rings. The van der Waals surface area contributed by atoms with Crippen LogP contribution in [-0.2, 0) is 12.8 Å². The predicted octanol–water partition coefficient (Wildman–Crippen LogP) is 4.06. The second-order valence-corrected chi connectivity index (χ2v) is 21.4. The van der Waals surface area contributed by atoms with E-state index in [1.807, 2.05) is 12.2 Å². The van der Waals surface area contributed by atoms with Gasteiger partial charge in [-0.1, -0.05) is 0 Å². The number of halogens is 4. The van der Waals surface area contributed by atoms with Crippen molar-refractivity contribution in [3.8, 4) is 0 Å². The third-order valence-corrected chi connectivity index (χ3v) is 0.586. The van der Waals surface area contributed by atoms with Crippen LogP contribution in [0.2, 0.25) is 0 Å². The van der Waals surface area contributed by atoms with E-state index in [1.165, 1.54) is 0 Å². The van der Waals surface area contributed by atoms with Gasteiger partial charge in [-0.05, 0) is 0 Å². The Morgan fingerprint density at radius 1 is 1.20 bits per heavy atom. The number of allylic oxidation sites excluding steroid dienone is 4. The summed E-state index contributed by atoms with van der Waals surface area (Å²) in [5.74, 6) is 0. The molecule has 10 heavy (non-hydrogen) atoms. The van der Waals surface area contributed by atoms with Crippen LogP contribution in [0.15, 0.2) is 18.2 Å². The SMILES string of the molecule is [C-]1=CC=CC1.[Cl][Nb]([Cl])([Cl])[Cl]. The van der Waals surface area contributed by atoms with Crippen molar-refractivity contribution in [2.45, 2.75) is 6.42 Å². The molecular formula is C5H5Cl4Nb-. The monoisotopic (exact) mass is 298 g/mol. The van der Waals surface area contributed by atoms with Crippen LogP contribution in [0.1, 0.15) is 6.42 Å². The summed E-state index contributed by atoms with van der Waals surface area (Å²) in [4.78, 5) is 0. The molecule has 0 bridgehead atoms. The van der Waals surface area contributed by atoms with Gasteiger partial charge in [0.25, 0.3) is 0 Å². The second kappa shape index (κ2) is 5.96. The fourth-order valence-electron chi connectivity index (χ4n) is 0.340. The first-order chi connectivity index (χ1) is 4.50. The molecule has 0 aromatic carbocycles. The summed E-state index contributed by atoms with van der Waals surface area (Å²) < 4.78 is 0. The van der Waals surface area contributed by atoms with E-state index in [9.17, 15) is 0 Å². The van der Waals surface area contributed by atoms with Crippen molar-refractivity contribution in [1.82, 2.24) is 0 Å². The average Bonchev–Trinajstić information content (AvgIpc) is 2.07. The number of rotatable bonds is 0. The van der Waals surface area contributed by atoms with Crippen LogP contribution in [0.3, 0.4) is 0 Å². The maximum atomic E-state index is 5.03. The Kier molecular flexibility index (Phi) is 6.78. The Bertz CT molecular complexity index is 119. The van der Waals surface area contributed by atoms with Gasteiger partial charge in [0, 0.05) is 0 Å². The van der Waals surface area contributed by atoms with Gasteiger partial charge in [-0.3, -0.25) is 6.08 Å². The summed E-state index contributed by atoms with van der Waals surface area (Å²) in [6.07, 6.45) is 10.0. The molecule has 1 aliphatic rings. The van der Waals surface area contributed by atoms with Crippen molar-refractivity contribution in [3.63, 3.8) is 0 Å². The quantitative estimate of drug-likeness (QED) is 0.467. The Morgan fingerprint density at radius 3 is 1.80 bits per heavy atom. The summed E-state index contributed by atoms with van der Waals surface area (Å²) in [6, 6.07) is 0. The van der Waals surface area contributed by atoms with E-state index >= 15 is 0 Å². The molecule has 59 valence electrons. The first-order valence-corrected chi connectivity index (χ1v) is 13.7. The molecule has 0 fully saturated rings. The summed E-state index contributed by atoms with van der Waals surface area (Å²) in [6.45, 7) is 0. The molecule has 1 aliphatic carbocycles. The standard InChI is InChI=1S/C5H5.4ClH.Nb/c1-2-4-5-3-1;;;;;/h1-3H,4H2;4*1H;/q-1;;;;;+4/p-4. The van der Waals surface area contributed by atoms with E-state index in [1.54, 1.807) is 0 Å². The zero-order valence-corrected chi connectivity index (χ0v) is 10.1. The van der Waals surface area contributed by atoms with E-state index in [4.69, 9.17) is 36.8 Å². The minimum atomic E-state index is -3.21. The molecular weight excluding hydrogens is 295 g/mol. The Balaban J connectivity index is 0.000000162. The van der Waals surface area contributed by atoms with Crippen molar-refractivity contribution in [3.05, 3.63) is 24.3 Å². The Morgan fingerprint density at radius 2 is 1.70 bits per heavy atom. The molecule has 1 rings (SSSR count). The topological polar surface area (TPSA) is 0 Å². The van der Waals surface area contributed by atoms with Crippen LogP contribution >= 0.6 is 36.8 Å². The van der Waals surface area contributed by atoms with Gasteiger partial charge in [0.2, 0.25) is 0 Å². The maximum absolute atomic E-state index is 5.03. The molecule has 0 nitrogen and oxygen atoms in total. The van der Waals surface area contributed by atoms with Gasteiger partial charge in [-0.25, -0.2) is 12.2 Å². The summed E-state index contributed by atoms with van der Waals surface area (Å²) in [7, 11) is 20.1. The van der Waals surface area contributed by atoms with Gasteiger partial charge < -0.3 is 0 Å². The third kappa shape index (κ3) is 16.2.